The first kappa shape index (κ1) is 8.97. The standard InChI is InChI=1S/C8H18N2O/c1-9(2)8-3-4-10(7-8)5-6-11/h8,11H,3-7H2,1-2H3/t8-/m0/s1. The summed E-state index contributed by atoms with van der Waals surface area (Å²) in [4.78, 5) is 4.57. The van der Waals surface area contributed by atoms with Gasteiger partial charge in [-0.3, -0.25) is 4.90 Å². The largest absolute Gasteiger partial charge is 0.395 e. The molecule has 1 fully saturated rings. The molecule has 11 heavy (non-hydrogen) atoms. The summed E-state index contributed by atoms with van der Waals surface area (Å²) in [6.45, 7) is 3.39. The molecule has 1 heterocycles. The van der Waals surface area contributed by atoms with Gasteiger partial charge in [0.05, 0.1) is 6.61 Å². The monoisotopic (exact) mass is 158 g/mol. The van der Waals surface area contributed by atoms with Crippen molar-refractivity contribution in [1.82, 2.24) is 9.80 Å². The van der Waals surface area contributed by atoms with Gasteiger partial charge in [0.15, 0.2) is 0 Å². The molecule has 1 N–H and O–H groups in total. The molecule has 0 spiro atoms. The normalized spacial score (nSPS) is 26.7. The Labute approximate surface area is 68.6 Å². The van der Waals surface area contributed by atoms with Gasteiger partial charge in [-0.25, -0.2) is 0 Å². The zero-order chi connectivity index (χ0) is 8.27. The van der Waals surface area contributed by atoms with Gasteiger partial charge in [-0.2, -0.15) is 0 Å². The van der Waals surface area contributed by atoms with Gasteiger partial charge in [0.1, 0.15) is 0 Å². The molecule has 1 atom stereocenters. The molecule has 0 aromatic rings. The van der Waals surface area contributed by atoms with Gasteiger partial charge in [-0.1, -0.05) is 0 Å². The summed E-state index contributed by atoms with van der Waals surface area (Å²) in [5.74, 6) is 0. The van der Waals surface area contributed by atoms with E-state index in [-0.39, 0.29) is 0 Å². The Hall–Kier alpha value is -0.120. The average Bonchev–Trinajstić information content (AvgIpc) is 2.37. The molecule has 1 saturated heterocycles. The molecule has 1 aliphatic rings. The number of aliphatic hydroxyl groups excluding tert-OH is 1. The Kier molecular flexibility index (Phi) is 3.30. The van der Waals surface area contributed by atoms with Gasteiger partial charge in [0, 0.05) is 19.1 Å². The number of likely N-dealkylation sites (N-methyl/N-ethyl adjacent to an activating group) is 1. The Morgan fingerprint density at radius 3 is 2.73 bits per heavy atom. The molecule has 0 amide bonds. The van der Waals surface area contributed by atoms with Crippen molar-refractivity contribution in [1.29, 1.82) is 0 Å². The highest BCUT2D eigenvalue weighted by molar-refractivity contribution is 4.80. The zero-order valence-corrected chi connectivity index (χ0v) is 7.45. The maximum absolute atomic E-state index is 8.70. The number of rotatable bonds is 3. The number of β-amino-alcohol motifs (C(OH)–C–C–N with tert-alkyl or cyclic N) is 1. The van der Waals surface area contributed by atoms with Crippen LogP contribution in [0.15, 0.2) is 0 Å². The summed E-state index contributed by atoms with van der Waals surface area (Å²) in [7, 11) is 4.24. The highest BCUT2D eigenvalue weighted by atomic mass is 16.3. The van der Waals surface area contributed by atoms with Crippen molar-refractivity contribution in [2.24, 2.45) is 0 Å². The quantitative estimate of drug-likeness (QED) is 0.606. The van der Waals surface area contributed by atoms with Crippen LogP contribution in [0.5, 0.6) is 0 Å². The molecule has 0 saturated carbocycles. The van der Waals surface area contributed by atoms with Gasteiger partial charge in [-0.15, -0.1) is 0 Å². The highest BCUT2D eigenvalue weighted by Gasteiger charge is 2.22. The number of nitrogens with zero attached hydrogens (tertiary/aromatic N) is 2. The van der Waals surface area contributed by atoms with Crippen LogP contribution in [0.25, 0.3) is 0 Å². The molecule has 0 aromatic heterocycles. The van der Waals surface area contributed by atoms with E-state index in [4.69, 9.17) is 5.11 Å². The Bertz CT molecular complexity index is 117. The fourth-order valence-electron chi connectivity index (χ4n) is 1.58. The van der Waals surface area contributed by atoms with Gasteiger partial charge in [-0.05, 0) is 27.1 Å². The van der Waals surface area contributed by atoms with Crippen LogP contribution in [0.2, 0.25) is 0 Å². The van der Waals surface area contributed by atoms with Crippen LogP contribution >= 0.6 is 0 Å². The average molecular weight is 158 g/mol. The molecule has 66 valence electrons. The fraction of sp³-hybridized carbons (Fsp3) is 1.00. The number of likely N-dealkylation sites (tertiary alicyclic amines) is 1. The van der Waals surface area contributed by atoms with Crippen LogP contribution in [0.1, 0.15) is 6.42 Å². The minimum absolute atomic E-state index is 0.292. The molecule has 0 unspecified atom stereocenters. The van der Waals surface area contributed by atoms with Gasteiger partial charge >= 0.3 is 0 Å². The number of hydrogen-bond acceptors (Lipinski definition) is 3. The Morgan fingerprint density at radius 2 is 2.27 bits per heavy atom. The number of hydrogen-bond donors (Lipinski definition) is 1. The summed E-state index contributed by atoms with van der Waals surface area (Å²) >= 11 is 0. The van der Waals surface area contributed by atoms with Crippen LogP contribution in [0.4, 0.5) is 0 Å². The molecule has 3 heteroatoms. The van der Waals surface area contributed by atoms with Crippen molar-refractivity contribution in [3.63, 3.8) is 0 Å². The third kappa shape index (κ3) is 2.43. The predicted octanol–water partition coefficient (Wildman–Crippen LogP) is -0.385. The third-order valence-electron chi connectivity index (χ3n) is 2.39. The SMILES string of the molecule is CN(C)[C@H]1CCN(CCO)C1. The summed E-state index contributed by atoms with van der Waals surface area (Å²) < 4.78 is 0. The van der Waals surface area contributed by atoms with Crippen molar-refractivity contribution in [3.05, 3.63) is 0 Å². The van der Waals surface area contributed by atoms with E-state index in [1.165, 1.54) is 6.42 Å². The van der Waals surface area contributed by atoms with Crippen LogP contribution in [0, 0.1) is 0 Å². The molecule has 0 radical (unpaired) electrons. The lowest BCUT2D eigenvalue weighted by Crippen LogP contribution is -2.32. The summed E-state index contributed by atoms with van der Waals surface area (Å²) in [6.07, 6.45) is 1.24. The third-order valence-corrected chi connectivity index (χ3v) is 2.39. The Morgan fingerprint density at radius 1 is 1.55 bits per heavy atom. The lowest BCUT2D eigenvalue weighted by atomic mass is 10.2. The Balaban J connectivity index is 2.23. The van der Waals surface area contributed by atoms with Crippen LogP contribution in [-0.2, 0) is 0 Å². The summed E-state index contributed by atoms with van der Waals surface area (Å²) in [6, 6.07) is 0.696. The zero-order valence-electron chi connectivity index (χ0n) is 7.45. The van der Waals surface area contributed by atoms with Gasteiger partial charge < -0.3 is 10.0 Å². The van der Waals surface area contributed by atoms with E-state index in [9.17, 15) is 0 Å². The lowest BCUT2D eigenvalue weighted by Gasteiger charge is -2.19. The topological polar surface area (TPSA) is 26.7 Å². The number of aliphatic hydroxyl groups is 1. The van der Waals surface area contributed by atoms with E-state index in [0.29, 0.717) is 12.6 Å². The second-order valence-corrected chi connectivity index (χ2v) is 3.43. The van der Waals surface area contributed by atoms with Gasteiger partial charge in [0.25, 0.3) is 0 Å². The second-order valence-electron chi connectivity index (χ2n) is 3.43. The predicted molar refractivity (Wildman–Crippen MR) is 45.6 cm³/mol. The molecular weight excluding hydrogens is 140 g/mol. The maximum Gasteiger partial charge on any atom is 0.0558 e. The lowest BCUT2D eigenvalue weighted by molar-refractivity contribution is 0.208. The molecular formula is C8H18N2O. The highest BCUT2D eigenvalue weighted by Crippen LogP contribution is 2.11. The molecule has 0 aliphatic carbocycles. The van der Waals surface area contributed by atoms with E-state index in [0.717, 1.165) is 19.6 Å². The van der Waals surface area contributed by atoms with E-state index in [1.54, 1.807) is 0 Å². The molecule has 0 bridgehead atoms. The van der Waals surface area contributed by atoms with Crippen molar-refractivity contribution in [3.8, 4) is 0 Å². The van der Waals surface area contributed by atoms with Crippen LogP contribution in [0.3, 0.4) is 0 Å². The van der Waals surface area contributed by atoms with Gasteiger partial charge in [0.2, 0.25) is 0 Å². The van der Waals surface area contributed by atoms with Crippen molar-refractivity contribution in [2.45, 2.75) is 12.5 Å². The molecule has 3 nitrogen and oxygen atoms in total. The molecule has 0 aromatic carbocycles. The minimum Gasteiger partial charge on any atom is -0.395 e. The van der Waals surface area contributed by atoms with E-state index < -0.39 is 0 Å². The molecule has 1 rings (SSSR count). The first-order valence-electron chi connectivity index (χ1n) is 4.23. The fourth-order valence-corrected chi connectivity index (χ4v) is 1.58. The minimum atomic E-state index is 0.292. The molecule has 1 aliphatic heterocycles. The van der Waals surface area contributed by atoms with E-state index in [2.05, 4.69) is 23.9 Å². The van der Waals surface area contributed by atoms with Crippen LogP contribution < -0.4 is 0 Å². The van der Waals surface area contributed by atoms with Crippen LogP contribution in [-0.4, -0.2) is 61.3 Å². The first-order chi connectivity index (χ1) is 5.24. The smallest absolute Gasteiger partial charge is 0.0558 e. The first-order valence-corrected chi connectivity index (χ1v) is 4.23. The van der Waals surface area contributed by atoms with E-state index in [1.807, 2.05) is 0 Å². The van der Waals surface area contributed by atoms with Crippen molar-refractivity contribution >= 4 is 0 Å². The van der Waals surface area contributed by atoms with E-state index >= 15 is 0 Å². The van der Waals surface area contributed by atoms with Crippen molar-refractivity contribution in [2.75, 3.05) is 40.3 Å². The maximum atomic E-state index is 8.70. The van der Waals surface area contributed by atoms with Crippen molar-refractivity contribution < 1.29 is 5.11 Å². The summed E-state index contributed by atoms with van der Waals surface area (Å²) in [5.41, 5.74) is 0. The second kappa shape index (κ2) is 4.04. The summed E-state index contributed by atoms with van der Waals surface area (Å²) in [5, 5.41) is 8.70.